The number of fused-ring (bicyclic) bond motifs is 2. The van der Waals surface area contributed by atoms with Crippen molar-refractivity contribution < 1.29 is 19.4 Å². The molecule has 8 rings (SSSR count). The molecule has 2 saturated carbocycles. The SMILES string of the molecule is O=C(O)c1cnn(Cc2ccc(N3CC4CC4(COC(=O)c4cnn(Cc5ccc(N6CC7CC7C6)nc5)c4)C3)nc2)c1. The summed E-state index contributed by atoms with van der Waals surface area (Å²) in [7, 11) is 0. The summed E-state index contributed by atoms with van der Waals surface area (Å²) in [6, 6.07) is 8.13. The molecule has 0 aromatic carbocycles. The van der Waals surface area contributed by atoms with Crippen molar-refractivity contribution >= 4 is 23.6 Å². The van der Waals surface area contributed by atoms with Crippen LogP contribution in [0.4, 0.5) is 11.6 Å². The molecule has 0 amide bonds. The molecule has 0 bridgehead atoms. The minimum Gasteiger partial charge on any atom is -0.478 e. The van der Waals surface area contributed by atoms with Crippen molar-refractivity contribution in [1.82, 2.24) is 29.5 Å². The topological polar surface area (TPSA) is 132 Å². The van der Waals surface area contributed by atoms with Crippen molar-refractivity contribution in [3.05, 3.63) is 83.7 Å². The highest BCUT2D eigenvalue weighted by Crippen LogP contribution is 2.58. The third kappa shape index (κ3) is 5.10. The van der Waals surface area contributed by atoms with Crippen LogP contribution in [0.5, 0.6) is 0 Å². The predicted octanol–water partition coefficient (Wildman–Crippen LogP) is 2.80. The Morgan fingerprint density at radius 3 is 2.07 bits per heavy atom. The maximum atomic E-state index is 12.9. The second-order valence-corrected chi connectivity index (χ2v) is 12.6. The Balaban J connectivity index is 0.824. The molecule has 0 radical (unpaired) electrons. The highest BCUT2D eigenvalue weighted by Gasteiger charge is 2.61. The lowest BCUT2D eigenvalue weighted by atomic mass is 10.1. The van der Waals surface area contributed by atoms with Gasteiger partial charge in [-0.2, -0.15) is 10.2 Å². The summed E-state index contributed by atoms with van der Waals surface area (Å²) in [6.07, 6.45) is 12.3. The fraction of sp³-hybridized carbons (Fsp3) is 0.419. The van der Waals surface area contributed by atoms with Crippen molar-refractivity contribution in [3.63, 3.8) is 0 Å². The number of ether oxygens (including phenoxy) is 1. The third-order valence-electron chi connectivity index (χ3n) is 9.48. The van der Waals surface area contributed by atoms with E-state index in [0.717, 1.165) is 67.2 Å². The number of pyridine rings is 2. The highest BCUT2D eigenvalue weighted by molar-refractivity contribution is 5.88. The summed E-state index contributed by atoms with van der Waals surface area (Å²) in [5.74, 6) is 2.80. The van der Waals surface area contributed by atoms with Gasteiger partial charge in [-0.25, -0.2) is 19.6 Å². The van der Waals surface area contributed by atoms with Gasteiger partial charge < -0.3 is 19.6 Å². The molecule has 4 unspecified atom stereocenters. The molecular formula is C31H32N8O4. The van der Waals surface area contributed by atoms with Gasteiger partial charge in [0, 0.05) is 56.4 Å². The van der Waals surface area contributed by atoms with E-state index < -0.39 is 5.97 Å². The highest BCUT2D eigenvalue weighted by atomic mass is 16.5. The van der Waals surface area contributed by atoms with Crippen LogP contribution in [-0.2, 0) is 17.8 Å². The summed E-state index contributed by atoms with van der Waals surface area (Å²) in [5, 5.41) is 17.6. The van der Waals surface area contributed by atoms with E-state index in [-0.39, 0.29) is 16.9 Å². The largest absolute Gasteiger partial charge is 0.478 e. The lowest BCUT2D eigenvalue weighted by Crippen LogP contribution is -2.28. The van der Waals surface area contributed by atoms with Gasteiger partial charge in [0.25, 0.3) is 0 Å². The quantitative estimate of drug-likeness (QED) is 0.279. The van der Waals surface area contributed by atoms with Crippen LogP contribution in [0.25, 0.3) is 0 Å². The average molecular weight is 581 g/mol. The van der Waals surface area contributed by atoms with Gasteiger partial charge in [-0.15, -0.1) is 0 Å². The summed E-state index contributed by atoms with van der Waals surface area (Å²) in [5.41, 5.74) is 2.56. The first-order chi connectivity index (χ1) is 20.9. The number of nitrogens with zero attached hydrogens (tertiary/aromatic N) is 8. The van der Waals surface area contributed by atoms with Gasteiger partial charge >= 0.3 is 11.9 Å². The molecule has 4 aliphatic rings. The summed E-state index contributed by atoms with van der Waals surface area (Å²) in [4.78, 5) is 37.9. The fourth-order valence-electron chi connectivity index (χ4n) is 6.75. The smallest absolute Gasteiger partial charge is 0.341 e. The molecule has 4 atom stereocenters. The molecule has 4 fully saturated rings. The number of carboxylic acid groups (broad SMARTS) is 1. The molecule has 4 aromatic rings. The molecule has 2 aliphatic carbocycles. The van der Waals surface area contributed by atoms with E-state index >= 15 is 0 Å². The van der Waals surface area contributed by atoms with E-state index in [1.807, 2.05) is 18.3 Å². The zero-order valence-corrected chi connectivity index (χ0v) is 23.6. The van der Waals surface area contributed by atoms with E-state index in [1.54, 1.807) is 28.0 Å². The van der Waals surface area contributed by atoms with Crippen LogP contribution in [0.15, 0.2) is 61.4 Å². The van der Waals surface area contributed by atoms with Crippen LogP contribution >= 0.6 is 0 Å². The van der Waals surface area contributed by atoms with E-state index in [4.69, 9.17) is 9.84 Å². The molecule has 6 heterocycles. The number of hydrogen-bond acceptors (Lipinski definition) is 9. The Morgan fingerprint density at radius 2 is 1.47 bits per heavy atom. The molecule has 2 saturated heterocycles. The fourth-order valence-corrected chi connectivity index (χ4v) is 6.75. The minimum atomic E-state index is -0.996. The molecule has 4 aromatic heterocycles. The van der Waals surface area contributed by atoms with E-state index in [9.17, 15) is 9.59 Å². The Hall–Kier alpha value is -4.74. The van der Waals surface area contributed by atoms with Crippen LogP contribution in [0.3, 0.4) is 0 Å². The van der Waals surface area contributed by atoms with Crippen LogP contribution < -0.4 is 9.80 Å². The molecule has 220 valence electrons. The Labute approximate surface area is 247 Å². The van der Waals surface area contributed by atoms with Gasteiger partial charge in [0.15, 0.2) is 0 Å². The van der Waals surface area contributed by atoms with E-state index in [0.29, 0.717) is 31.2 Å². The van der Waals surface area contributed by atoms with Crippen LogP contribution in [-0.4, -0.2) is 79.4 Å². The maximum Gasteiger partial charge on any atom is 0.341 e. The van der Waals surface area contributed by atoms with Gasteiger partial charge in [-0.3, -0.25) is 9.36 Å². The number of hydrogen-bond donors (Lipinski definition) is 1. The standard InChI is InChI=1S/C31H32N8O4/c40-29(41)24-9-34-38(15-24)11-21-2-4-28(33-8-21)37-17-26-6-31(26,18-37)19-43-30(42)25-10-35-39(16-25)12-20-1-3-27(32-7-20)36-13-22-5-23(22)14-36/h1-4,7-10,15-16,22-23,26H,5-6,11-14,17-19H2,(H,40,41). The number of rotatable bonds is 10. The molecular weight excluding hydrogens is 548 g/mol. The zero-order chi connectivity index (χ0) is 29.1. The van der Waals surface area contributed by atoms with Crippen molar-refractivity contribution in [2.24, 2.45) is 23.2 Å². The van der Waals surface area contributed by atoms with Crippen LogP contribution in [0.2, 0.25) is 0 Å². The Kier molecular flexibility index (Phi) is 5.98. The second-order valence-electron chi connectivity index (χ2n) is 12.6. The monoisotopic (exact) mass is 580 g/mol. The average Bonchev–Trinajstić information content (AvgIpc) is 3.51. The lowest BCUT2D eigenvalue weighted by Gasteiger charge is -2.22. The van der Waals surface area contributed by atoms with Crippen molar-refractivity contribution in [2.75, 3.05) is 42.6 Å². The van der Waals surface area contributed by atoms with Gasteiger partial charge in [0.05, 0.1) is 43.2 Å². The number of carbonyl (C=O) groups excluding carboxylic acids is 1. The number of aromatic carboxylic acids is 1. The molecule has 0 spiro atoms. The number of anilines is 2. The molecule has 1 N–H and O–H groups in total. The van der Waals surface area contributed by atoms with Crippen molar-refractivity contribution in [2.45, 2.75) is 25.9 Å². The Bertz CT molecular complexity index is 1670. The summed E-state index contributed by atoms with van der Waals surface area (Å²) in [6.45, 7) is 5.29. The summed E-state index contributed by atoms with van der Waals surface area (Å²) >= 11 is 0. The first kappa shape index (κ1) is 25.9. The molecule has 2 aliphatic heterocycles. The van der Waals surface area contributed by atoms with Crippen molar-refractivity contribution in [3.8, 4) is 0 Å². The van der Waals surface area contributed by atoms with Gasteiger partial charge in [0.1, 0.15) is 11.6 Å². The van der Waals surface area contributed by atoms with Crippen molar-refractivity contribution in [1.29, 1.82) is 0 Å². The number of carbonyl (C=O) groups is 2. The summed E-state index contributed by atoms with van der Waals surface area (Å²) < 4.78 is 9.12. The number of aromatic nitrogens is 6. The van der Waals surface area contributed by atoms with Gasteiger partial charge in [0.2, 0.25) is 0 Å². The number of carboxylic acids is 1. The molecule has 12 nitrogen and oxygen atoms in total. The first-order valence-corrected chi connectivity index (χ1v) is 14.8. The number of piperidine rings is 2. The van der Waals surface area contributed by atoms with Gasteiger partial charge in [-0.05, 0) is 53.9 Å². The lowest BCUT2D eigenvalue weighted by molar-refractivity contribution is 0.0421. The minimum absolute atomic E-state index is 0.0302. The molecule has 12 heteroatoms. The predicted molar refractivity (Wildman–Crippen MR) is 155 cm³/mol. The normalized spacial score (nSPS) is 25.0. The molecule has 43 heavy (non-hydrogen) atoms. The maximum absolute atomic E-state index is 12.9. The van der Waals surface area contributed by atoms with E-state index in [1.165, 1.54) is 18.8 Å². The number of esters is 1. The van der Waals surface area contributed by atoms with E-state index in [2.05, 4.69) is 42.1 Å². The van der Waals surface area contributed by atoms with Gasteiger partial charge in [-0.1, -0.05) is 12.1 Å². The Morgan fingerprint density at radius 1 is 0.837 bits per heavy atom. The van der Waals surface area contributed by atoms with Crippen LogP contribution in [0.1, 0.15) is 44.7 Å². The third-order valence-corrected chi connectivity index (χ3v) is 9.48. The second kappa shape index (κ2) is 9.92. The first-order valence-electron chi connectivity index (χ1n) is 14.8. The van der Waals surface area contributed by atoms with Crippen LogP contribution in [0, 0.1) is 23.2 Å². The zero-order valence-electron chi connectivity index (χ0n) is 23.6.